The molecule has 1 amide bonds. The molecule has 4 heteroatoms. The molecule has 2 rings (SSSR count). The zero-order valence-electron chi connectivity index (χ0n) is 10.7. The van der Waals surface area contributed by atoms with Crippen LogP contribution in [0, 0.1) is 11.8 Å². The van der Waals surface area contributed by atoms with E-state index in [0.717, 1.165) is 31.4 Å². The Morgan fingerprint density at radius 1 is 1.39 bits per heavy atom. The fourth-order valence-corrected chi connectivity index (χ4v) is 2.79. The van der Waals surface area contributed by atoms with Gasteiger partial charge in [-0.15, -0.1) is 0 Å². The van der Waals surface area contributed by atoms with Crippen LogP contribution in [0.25, 0.3) is 0 Å². The highest BCUT2D eigenvalue weighted by molar-refractivity contribution is 5.76. The van der Waals surface area contributed by atoms with Crippen molar-refractivity contribution in [2.75, 3.05) is 0 Å². The summed E-state index contributed by atoms with van der Waals surface area (Å²) in [4.78, 5) is 15.4. The summed E-state index contributed by atoms with van der Waals surface area (Å²) in [6, 6.07) is 3.57. The lowest BCUT2D eigenvalue weighted by molar-refractivity contribution is -0.123. The van der Waals surface area contributed by atoms with E-state index < -0.39 is 0 Å². The summed E-state index contributed by atoms with van der Waals surface area (Å²) >= 11 is 0. The molecule has 1 aliphatic rings. The number of hydrogen-bond acceptors (Lipinski definition) is 3. The van der Waals surface area contributed by atoms with E-state index in [4.69, 9.17) is 5.73 Å². The SMILES string of the molecule is CC(C(N)=O)C1CCC(c2ccc(O)cn2)CC1. The molecule has 1 aromatic rings. The number of aromatic nitrogens is 1. The van der Waals surface area contributed by atoms with Crippen LogP contribution in [0.3, 0.4) is 0 Å². The Balaban J connectivity index is 1.94. The summed E-state index contributed by atoms with van der Waals surface area (Å²) in [7, 11) is 0. The van der Waals surface area contributed by atoms with Gasteiger partial charge in [0.2, 0.25) is 5.91 Å². The second-order valence-corrected chi connectivity index (χ2v) is 5.24. The minimum atomic E-state index is -0.193. The molecule has 1 aliphatic carbocycles. The van der Waals surface area contributed by atoms with Gasteiger partial charge in [0.25, 0.3) is 0 Å². The molecule has 1 unspecified atom stereocenters. The number of carbonyl (C=O) groups is 1. The zero-order valence-corrected chi connectivity index (χ0v) is 10.7. The van der Waals surface area contributed by atoms with E-state index >= 15 is 0 Å². The molecule has 0 saturated heterocycles. The fourth-order valence-electron chi connectivity index (χ4n) is 2.79. The number of primary amides is 1. The highest BCUT2D eigenvalue weighted by Gasteiger charge is 2.28. The van der Waals surface area contributed by atoms with Gasteiger partial charge < -0.3 is 10.8 Å². The Bertz CT molecular complexity index is 408. The Morgan fingerprint density at radius 3 is 2.56 bits per heavy atom. The van der Waals surface area contributed by atoms with Crippen molar-refractivity contribution in [1.82, 2.24) is 4.98 Å². The van der Waals surface area contributed by atoms with Gasteiger partial charge in [-0.1, -0.05) is 6.92 Å². The summed E-state index contributed by atoms with van der Waals surface area (Å²) in [5.74, 6) is 0.840. The van der Waals surface area contributed by atoms with Gasteiger partial charge in [0, 0.05) is 17.5 Å². The molecule has 4 nitrogen and oxygen atoms in total. The molecule has 0 aliphatic heterocycles. The molecule has 18 heavy (non-hydrogen) atoms. The number of carbonyl (C=O) groups excluding carboxylic acids is 1. The van der Waals surface area contributed by atoms with Crippen LogP contribution in [0.1, 0.15) is 44.2 Å². The van der Waals surface area contributed by atoms with Crippen molar-refractivity contribution in [1.29, 1.82) is 0 Å². The molecule has 98 valence electrons. The first kappa shape index (κ1) is 12.9. The van der Waals surface area contributed by atoms with Gasteiger partial charge in [0.1, 0.15) is 5.75 Å². The molecular weight excluding hydrogens is 228 g/mol. The van der Waals surface area contributed by atoms with Gasteiger partial charge in [-0.3, -0.25) is 9.78 Å². The number of amides is 1. The second kappa shape index (κ2) is 5.38. The maximum atomic E-state index is 11.2. The van der Waals surface area contributed by atoms with E-state index in [-0.39, 0.29) is 17.6 Å². The highest BCUT2D eigenvalue weighted by Crippen LogP contribution is 2.38. The Morgan fingerprint density at radius 2 is 2.06 bits per heavy atom. The van der Waals surface area contributed by atoms with Crippen LogP contribution in [-0.4, -0.2) is 16.0 Å². The average molecular weight is 248 g/mol. The van der Waals surface area contributed by atoms with Crippen molar-refractivity contribution in [3.8, 4) is 5.75 Å². The minimum absolute atomic E-state index is 0.0290. The smallest absolute Gasteiger partial charge is 0.220 e. The molecule has 0 spiro atoms. The third-order valence-corrected chi connectivity index (χ3v) is 4.12. The van der Waals surface area contributed by atoms with Crippen molar-refractivity contribution in [3.05, 3.63) is 24.0 Å². The lowest BCUT2D eigenvalue weighted by Crippen LogP contribution is -2.30. The topological polar surface area (TPSA) is 76.2 Å². The molecule has 0 radical (unpaired) electrons. The van der Waals surface area contributed by atoms with Gasteiger partial charge in [-0.25, -0.2) is 0 Å². The number of hydrogen-bond donors (Lipinski definition) is 2. The van der Waals surface area contributed by atoms with Crippen molar-refractivity contribution in [2.45, 2.75) is 38.5 Å². The number of aromatic hydroxyl groups is 1. The highest BCUT2D eigenvalue weighted by atomic mass is 16.3. The third kappa shape index (κ3) is 2.81. The lowest BCUT2D eigenvalue weighted by atomic mass is 9.75. The van der Waals surface area contributed by atoms with Gasteiger partial charge in [-0.05, 0) is 43.7 Å². The largest absolute Gasteiger partial charge is 0.506 e. The predicted octanol–water partition coefficient (Wildman–Crippen LogP) is 2.18. The van der Waals surface area contributed by atoms with E-state index in [0.29, 0.717) is 11.8 Å². The number of nitrogens with zero attached hydrogens (tertiary/aromatic N) is 1. The van der Waals surface area contributed by atoms with E-state index in [1.54, 1.807) is 6.07 Å². The van der Waals surface area contributed by atoms with Gasteiger partial charge in [0.15, 0.2) is 0 Å². The number of pyridine rings is 1. The molecule has 1 fully saturated rings. The summed E-state index contributed by atoms with van der Waals surface area (Å²) in [6.07, 6.45) is 5.63. The first-order chi connectivity index (χ1) is 8.58. The van der Waals surface area contributed by atoms with Gasteiger partial charge >= 0.3 is 0 Å². The van der Waals surface area contributed by atoms with Crippen molar-refractivity contribution < 1.29 is 9.90 Å². The Kier molecular flexibility index (Phi) is 3.84. The van der Waals surface area contributed by atoms with Crippen LogP contribution in [0.5, 0.6) is 5.75 Å². The van der Waals surface area contributed by atoms with E-state index in [1.807, 2.05) is 13.0 Å². The summed E-state index contributed by atoms with van der Waals surface area (Å²) in [5, 5.41) is 9.22. The molecule has 1 saturated carbocycles. The monoisotopic (exact) mass is 248 g/mol. The standard InChI is InChI=1S/C14H20N2O2/c1-9(14(15)18)10-2-4-11(5-3-10)13-7-6-12(17)8-16-13/h6-11,17H,2-5H2,1H3,(H2,15,18). The summed E-state index contributed by atoms with van der Waals surface area (Å²) < 4.78 is 0. The maximum absolute atomic E-state index is 11.2. The fraction of sp³-hybridized carbons (Fsp3) is 0.571. The lowest BCUT2D eigenvalue weighted by Gasteiger charge is -2.30. The minimum Gasteiger partial charge on any atom is -0.506 e. The van der Waals surface area contributed by atoms with E-state index in [1.165, 1.54) is 6.20 Å². The number of rotatable bonds is 3. The predicted molar refractivity (Wildman–Crippen MR) is 69.0 cm³/mol. The third-order valence-electron chi connectivity index (χ3n) is 4.12. The van der Waals surface area contributed by atoms with Crippen LogP contribution >= 0.6 is 0 Å². The van der Waals surface area contributed by atoms with Crippen molar-refractivity contribution in [2.24, 2.45) is 17.6 Å². The molecule has 1 atom stereocenters. The molecule has 0 bridgehead atoms. The Hall–Kier alpha value is -1.58. The van der Waals surface area contributed by atoms with E-state index in [9.17, 15) is 9.90 Å². The summed E-state index contributed by atoms with van der Waals surface area (Å²) in [5.41, 5.74) is 6.39. The molecule has 3 N–H and O–H groups in total. The first-order valence-corrected chi connectivity index (χ1v) is 6.52. The van der Waals surface area contributed by atoms with Crippen LogP contribution in [0.15, 0.2) is 18.3 Å². The first-order valence-electron chi connectivity index (χ1n) is 6.52. The number of nitrogens with two attached hydrogens (primary N) is 1. The molecular formula is C14H20N2O2. The average Bonchev–Trinajstić information content (AvgIpc) is 2.39. The van der Waals surface area contributed by atoms with Crippen LogP contribution in [0.2, 0.25) is 0 Å². The molecule has 1 aromatic heterocycles. The van der Waals surface area contributed by atoms with Crippen LogP contribution in [0.4, 0.5) is 0 Å². The maximum Gasteiger partial charge on any atom is 0.220 e. The van der Waals surface area contributed by atoms with Gasteiger partial charge in [-0.2, -0.15) is 0 Å². The normalized spacial score (nSPS) is 25.6. The van der Waals surface area contributed by atoms with Crippen LogP contribution in [-0.2, 0) is 4.79 Å². The second-order valence-electron chi connectivity index (χ2n) is 5.24. The quantitative estimate of drug-likeness (QED) is 0.860. The van der Waals surface area contributed by atoms with Crippen LogP contribution < -0.4 is 5.73 Å². The molecule has 0 aromatic carbocycles. The van der Waals surface area contributed by atoms with E-state index in [2.05, 4.69) is 4.98 Å². The summed E-state index contributed by atoms with van der Waals surface area (Å²) in [6.45, 7) is 1.92. The molecule has 1 heterocycles. The van der Waals surface area contributed by atoms with Crippen molar-refractivity contribution in [3.63, 3.8) is 0 Å². The van der Waals surface area contributed by atoms with Gasteiger partial charge in [0.05, 0.1) is 6.20 Å². The Labute approximate surface area is 107 Å². The zero-order chi connectivity index (χ0) is 13.1. The van der Waals surface area contributed by atoms with Crippen molar-refractivity contribution >= 4 is 5.91 Å².